The van der Waals surface area contributed by atoms with Gasteiger partial charge in [-0.2, -0.15) is 5.26 Å². The first-order chi connectivity index (χ1) is 13.8. The van der Waals surface area contributed by atoms with Crippen molar-refractivity contribution in [2.24, 2.45) is 0 Å². The van der Waals surface area contributed by atoms with Crippen LogP contribution >= 0.6 is 0 Å². The molecule has 0 aliphatic carbocycles. The summed E-state index contributed by atoms with van der Waals surface area (Å²) < 4.78 is 5.34. The number of nitrogens with one attached hydrogen (secondary N) is 1. The Hall–Kier alpha value is -3.78. The van der Waals surface area contributed by atoms with Gasteiger partial charge in [-0.05, 0) is 35.4 Å². The minimum absolute atomic E-state index is 0.00647. The summed E-state index contributed by atoms with van der Waals surface area (Å²) in [6.45, 7) is 0.505. The summed E-state index contributed by atoms with van der Waals surface area (Å²) in [6, 6.07) is 26.9. The monoisotopic (exact) mass is 369 g/mol. The van der Waals surface area contributed by atoms with Crippen molar-refractivity contribution in [2.75, 3.05) is 11.9 Å². The number of rotatable bonds is 5. The third-order valence-electron chi connectivity index (χ3n) is 4.72. The highest BCUT2D eigenvalue weighted by molar-refractivity contribution is 6.01. The largest absolute Gasteiger partial charge is 0.479 e. The molecule has 0 saturated carbocycles. The lowest BCUT2D eigenvalue weighted by Gasteiger charge is -2.38. The van der Waals surface area contributed by atoms with Crippen LogP contribution in [0.25, 0.3) is 0 Å². The van der Waals surface area contributed by atoms with Crippen molar-refractivity contribution in [1.29, 1.82) is 5.26 Å². The van der Waals surface area contributed by atoms with Crippen molar-refractivity contribution in [3.05, 3.63) is 95.6 Å². The molecule has 5 nitrogen and oxygen atoms in total. The van der Waals surface area contributed by atoms with Gasteiger partial charge in [0.1, 0.15) is 18.0 Å². The topological polar surface area (TPSA) is 65.4 Å². The molecule has 0 saturated heterocycles. The number of hydrogen-bond acceptors (Lipinski definition) is 4. The predicted molar refractivity (Wildman–Crippen MR) is 107 cm³/mol. The van der Waals surface area contributed by atoms with Crippen LogP contribution in [0.1, 0.15) is 27.7 Å². The zero-order chi connectivity index (χ0) is 19.3. The molecule has 1 amide bonds. The molecule has 1 heterocycles. The second-order valence-electron chi connectivity index (χ2n) is 6.53. The molecule has 5 heteroatoms. The van der Waals surface area contributed by atoms with E-state index < -0.39 is 0 Å². The van der Waals surface area contributed by atoms with E-state index in [0.717, 1.165) is 16.8 Å². The molecular formula is C23H19N3O2. The van der Waals surface area contributed by atoms with Gasteiger partial charge in [0, 0.05) is 12.2 Å². The number of benzene rings is 3. The Morgan fingerprint density at radius 2 is 1.68 bits per heavy atom. The van der Waals surface area contributed by atoms with Crippen LogP contribution in [0.5, 0.6) is 5.75 Å². The Bertz CT molecular complexity index is 1010. The Morgan fingerprint density at radius 3 is 2.43 bits per heavy atom. The molecule has 1 aliphatic rings. The zero-order valence-corrected chi connectivity index (χ0v) is 15.2. The Kier molecular flexibility index (Phi) is 4.94. The van der Waals surface area contributed by atoms with E-state index in [4.69, 9.17) is 10.00 Å². The molecule has 0 spiro atoms. The molecule has 0 bridgehead atoms. The standard InChI is InChI=1S/C23H19N3O2/c24-14-15-28-19-12-10-18(11-13-19)22-25-21-9-5-4-8-20(21)23(27)26(22)16-17-6-2-1-3-7-17/h1-13,22,25H,15-16H2/t22-/m1/s1. The van der Waals surface area contributed by atoms with Crippen molar-refractivity contribution >= 4 is 11.6 Å². The molecule has 1 N–H and O–H groups in total. The van der Waals surface area contributed by atoms with Crippen molar-refractivity contribution in [2.45, 2.75) is 12.7 Å². The van der Waals surface area contributed by atoms with Gasteiger partial charge in [0.15, 0.2) is 6.61 Å². The number of hydrogen-bond donors (Lipinski definition) is 1. The fraction of sp³-hybridized carbons (Fsp3) is 0.130. The third-order valence-corrected chi connectivity index (χ3v) is 4.72. The molecule has 4 rings (SSSR count). The van der Waals surface area contributed by atoms with Crippen molar-refractivity contribution in [1.82, 2.24) is 4.90 Å². The van der Waals surface area contributed by atoms with Gasteiger partial charge in [0.05, 0.1) is 5.56 Å². The number of anilines is 1. The lowest BCUT2D eigenvalue weighted by atomic mass is 10.0. The third kappa shape index (κ3) is 3.53. The Labute approximate surface area is 163 Å². The van der Waals surface area contributed by atoms with Crippen LogP contribution in [0.15, 0.2) is 78.9 Å². The van der Waals surface area contributed by atoms with Gasteiger partial charge in [-0.3, -0.25) is 4.79 Å². The number of amides is 1. The highest BCUT2D eigenvalue weighted by Crippen LogP contribution is 2.34. The van der Waals surface area contributed by atoms with E-state index in [1.165, 1.54) is 0 Å². The number of fused-ring (bicyclic) bond motifs is 1. The van der Waals surface area contributed by atoms with E-state index in [2.05, 4.69) is 5.32 Å². The summed E-state index contributed by atoms with van der Waals surface area (Å²) in [4.78, 5) is 15.1. The second kappa shape index (κ2) is 7.85. The number of nitrogens with zero attached hydrogens (tertiary/aromatic N) is 2. The second-order valence-corrected chi connectivity index (χ2v) is 6.53. The summed E-state index contributed by atoms with van der Waals surface area (Å²) in [5.41, 5.74) is 3.51. The average molecular weight is 369 g/mol. The van der Waals surface area contributed by atoms with Gasteiger partial charge in [0.25, 0.3) is 5.91 Å². The molecule has 1 atom stereocenters. The van der Waals surface area contributed by atoms with Gasteiger partial charge in [0.2, 0.25) is 0 Å². The number of nitriles is 1. The van der Waals surface area contributed by atoms with Crippen molar-refractivity contribution in [3.8, 4) is 11.8 Å². The Morgan fingerprint density at radius 1 is 0.964 bits per heavy atom. The Balaban J connectivity index is 1.68. The van der Waals surface area contributed by atoms with Gasteiger partial charge >= 0.3 is 0 Å². The minimum atomic E-state index is -0.298. The summed E-state index contributed by atoms with van der Waals surface area (Å²) >= 11 is 0. The average Bonchev–Trinajstić information content (AvgIpc) is 2.75. The van der Waals surface area contributed by atoms with Crippen LogP contribution in [-0.4, -0.2) is 17.4 Å². The van der Waals surface area contributed by atoms with E-state index in [9.17, 15) is 4.79 Å². The highest BCUT2D eigenvalue weighted by Gasteiger charge is 2.32. The van der Waals surface area contributed by atoms with Crippen LogP contribution < -0.4 is 10.1 Å². The normalized spacial score (nSPS) is 15.3. The number of carbonyl (C=O) groups is 1. The lowest BCUT2D eigenvalue weighted by molar-refractivity contribution is 0.0666. The SMILES string of the molecule is N#CCOc1ccc([C@@H]2Nc3ccccc3C(=O)N2Cc2ccccc2)cc1. The maximum Gasteiger partial charge on any atom is 0.258 e. The number of para-hydroxylation sites is 1. The zero-order valence-electron chi connectivity index (χ0n) is 15.2. The van der Waals surface area contributed by atoms with Crippen molar-refractivity contribution in [3.63, 3.8) is 0 Å². The maximum absolute atomic E-state index is 13.2. The summed E-state index contributed by atoms with van der Waals surface area (Å²) in [5.74, 6) is 0.621. The number of ether oxygens (including phenoxy) is 1. The van der Waals surface area contributed by atoms with Crippen LogP contribution in [-0.2, 0) is 6.54 Å². The first-order valence-corrected chi connectivity index (χ1v) is 9.06. The molecule has 0 aromatic heterocycles. The van der Waals surface area contributed by atoms with Gasteiger partial charge < -0.3 is 15.0 Å². The van der Waals surface area contributed by atoms with E-state index in [1.54, 1.807) is 0 Å². The van der Waals surface area contributed by atoms with E-state index in [-0.39, 0.29) is 18.7 Å². The molecule has 0 unspecified atom stereocenters. The molecule has 3 aromatic rings. The van der Waals surface area contributed by atoms with Gasteiger partial charge in [-0.25, -0.2) is 0 Å². The first-order valence-electron chi connectivity index (χ1n) is 9.06. The molecular weight excluding hydrogens is 350 g/mol. The van der Waals surface area contributed by atoms with E-state index >= 15 is 0 Å². The van der Waals surface area contributed by atoms with E-state index in [1.807, 2.05) is 89.8 Å². The fourth-order valence-electron chi connectivity index (χ4n) is 3.36. The fourth-order valence-corrected chi connectivity index (χ4v) is 3.36. The molecule has 3 aromatic carbocycles. The minimum Gasteiger partial charge on any atom is -0.479 e. The highest BCUT2D eigenvalue weighted by atomic mass is 16.5. The van der Waals surface area contributed by atoms with Crippen LogP contribution in [0.2, 0.25) is 0 Å². The molecule has 0 fully saturated rings. The smallest absolute Gasteiger partial charge is 0.258 e. The molecule has 138 valence electrons. The maximum atomic E-state index is 13.2. The molecule has 28 heavy (non-hydrogen) atoms. The lowest BCUT2D eigenvalue weighted by Crippen LogP contribution is -2.42. The quantitative estimate of drug-likeness (QED) is 0.726. The summed E-state index contributed by atoms with van der Waals surface area (Å²) in [6.07, 6.45) is -0.298. The predicted octanol–water partition coefficient (Wildman–Crippen LogP) is 4.36. The van der Waals surface area contributed by atoms with Crippen LogP contribution in [0, 0.1) is 11.3 Å². The summed E-state index contributed by atoms with van der Waals surface area (Å²) in [5, 5.41) is 12.1. The molecule has 1 aliphatic heterocycles. The summed E-state index contributed by atoms with van der Waals surface area (Å²) in [7, 11) is 0. The first kappa shape index (κ1) is 17.6. The van der Waals surface area contributed by atoms with Crippen molar-refractivity contribution < 1.29 is 9.53 Å². The van der Waals surface area contributed by atoms with E-state index in [0.29, 0.717) is 17.9 Å². The molecule has 0 radical (unpaired) electrons. The van der Waals surface area contributed by atoms with Crippen LogP contribution in [0.3, 0.4) is 0 Å². The van der Waals surface area contributed by atoms with Gasteiger partial charge in [-0.15, -0.1) is 0 Å². The number of carbonyl (C=O) groups excluding carboxylic acids is 1. The van der Waals surface area contributed by atoms with Crippen LogP contribution in [0.4, 0.5) is 5.69 Å². The van der Waals surface area contributed by atoms with Gasteiger partial charge in [-0.1, -0.05) is 54.6 Å².